The predicted octanol–water partition coefficient (Wildman–Crippen LogP) is 4.47. The number of imide groups is 1. The number of nitrogens with zero attached hydrogens (tertiary/aromatic N) is 1. The minimum absolute atomic E-state index is 0.150. The van der Waals surface area contributed by atoms with Crippen molar-refractivity contribution < 1.29 is 28.6 Å². The summed E-state index contributed by atoms with van der Waals surface area (Å²) in [4.78, 5) is 38.0. The van der Waals surface area contributed by atoms with Crippen LogP contribution in [0.2, 0.25) is 0 Å². The largest absolute Gasteiger partial charge is 0.493 e. The zero-order chi connectivity index (χ0) is 21.8. The van der Waals surface area contributed by atoms with E-state index in [0.717, 1.165) is 20.9 Å². The van der Waals surface area contributed by atoms with Crippen molar-refractivity contribution in [1.82, 2.24) is 4.90 Å². The van der Waals surface area contributed by atoms with Gasteiger partial charge in [0.25, 0.3) is 11.1 Å². The van der Waals surface area contributed by atoms with Gasteiger partial charge in [-0.05, 0) is 75.8 Å². The summed E-state index contributed by atoms with van der Waals surface area (Å²) < 4.78 is 16.8. The van der Waals surface area contributed by atoms with E-state index in [0.29, 0.717) is 5.56 Å². The molecule has 0 N–H and O–H groups in total. The van der Waals surface area contributed by atoms with Gasteiger partial charge in [-0.1, -0.05) is 12.1 Å². The van der Waals surface area contributed by atoms with Gasteiger partial charge in [0, 0.05) is 10.5 Å². The number of halogens is 1. The van der Waals surface area contributed by atoms with Crippen LogP contribution in [0.15, 0.2) is 41.3 Å². The average molecular weight is 539 g/mol. The van der Waals surface area contributed by atoms with Gasteiger partial charge in [0.1, 0.15) is 0 Å². The van der Waals surface area contributed by atoms with Crippen molar-refractivity contribution in [2.45, 2.75) is 13.5 Å². The van der Waals surface area contributed by atoms with Crippen molar-refractivity contribution in [3.8, 4) is 17.2 Å². The Morgan fingerprint density at radius 1 is 1.10 bits per heavy atom. The lowest BCUT2D eigenvalue weighted by Gasteiger charge is -2.14. The predicted molar refractivity (Wildman–Crippen MR) is 122 cm³/mol. The quantitative estimate of drug-likeness (QED) is 0.232. The van der Waals surface area contributed by atoms with E-state index >= 15 is 0 Å². The van der Waals surface area contributed by atoms with Crippen LogP contribution in [0.3, 0.4) is 0 Å². The molecule has 3 rings (SSSR count). The van der Waals surface area contributed by atoms with Gasteiger partial charge in [-0.3, -0.25) is 19.3 Å². The van der Waals surface area contributed by atoms with E-state index in [-0.39, 0.29) is 39.8 Å². The first-order valence-corrected chi connectivity index (χ1v) is 10.7. The molecule has 0 spiro atoms. The molecule has 1 heterocycles. The first-order valence-electron chi connectivity index (χ1n) is 8.76. The summed E-state index contributed by atoms with van der Waals surface area (Å²) in [5.41, 5.74) is 1.44. The van der Waals surface area contributed by atoms with Gasteiger partial charge in [-0.15, -0.1) is 0 Å². The lowest BCUT2D eigenvalue weighted by atomic mass is 10.1. The van der Waals surface area contributed by atoms with Gasteiger partial charge >= 0.3 is 5.97 Å². The monoisotopic (exact) mass is 539 g/mol. The molecule has 9 heteroatoms. The third-order valence-electron chi connectivity index (χ3n) is 4.15. The van der Waals surface area contributed by atoms with Crippen molar-refractivity contribution in [2.75, 3.05) is 14.2 Å². The van der Waals surface area contributed by atoms with Crippen LogP contribution in [-0.2, 0) is 16.1 Å². The van der Waals surface area contributed by atoms with E-state index in [2.05, 4.69) is 22.6 Å². The highest BCUT2D eigenvalue weighted by atomic mass is 127. The second kappa shape index (κ2) is 9.52. The maximum absolute atomic E-state index is 12.8. The molecule has 0 radical (unpaired) electrons. The normalized spacial score (nSPS) is 14.9. The van der Waals surface area contributed by atoms with Gasteiger partial charge in [0.05, 0.1) is 25.7 Å². The Labute approximate surface area is 191 Å². The summed E-state index contributed by atoms with van der Waals surface area (Å²) in [6.45, 7) is 1.48. The van der Waals surface area contributed by atoms with Crippen molar-refractivity contribution in [3.63, 3.8) is 0 Å². The average Bonchev–Trinajstić information content (AvgIpc) is 2.97. The molecule has 2 amide bonds. The smallest absolute Gasteiger partial charge is 0.308 e. The first-order chi connectivity index (χ1) is 14.3. The number of benzene rings is 2. The lowest BCUT2D eigenvalue weighted by Crippen LogP contribution is -2.27. The zero-order valence-electron chi connectivity index (χ0n) is 16.4. The molecule has 7 nitrogen and oxygen atoms in total. The van der Waals surface area contributed by atoms with Gasteiger partial charge < -0.3 is 14.2 Å². The second-order valence-electron chi connectivity index (χ2n) is 6.24. The van der Waals surface area contributed by atoms with Crippen LogP contribution in [0.25, 0.3) is 6.08 Å². The highest BCUT2D eigenvalue weighted by Crippen LogP contribution is 2.40. The molecular weight excluding hydrogens is 521 g/mol. The molecule has 2 aromatic rings. The Morgan fingerprint density at radius 2 is 1.70 bits per heavy atom. The fraction of sp³-hybridized carbons (Fsp3) is 0.190. The van der Waals surface area contributed by atoms with E-state index in [1.54, 1.807) is 18.2 Å². The highest BCUT2D eigenvalue weighted by molar-refractivity contribution is 14.1. The van der Waals surface area contributed by atoms with Crippen LogP contribution in [0.5, 0.6) is 17.2 Å². The van der Waals surface area contributed by atoms with E-state index in [9.17, 15) is 14.4 Å². The number of esters is 1. The van der Waals surface area contributed by atoms with Crippen LogP contribution in [-0.4, -0.2) is 36.2 Å². The maximum atomic E-state index is 12.8. The highest BCUT2D eigenvalue weighted by Gasteiger charge is 2.35. The topological polar surface area (TPSA) is 82.1 Å². The van der Waals surface area contributed by atoms with E-state index in [1.807, 2.05) is 24.3 Å². The molecule has 156 valence electrons. The van der Waals surface area contributed by atoms with Crippen LogP contribution >= 0.6 is 34.4 Å². The molecular formula is C21H18INO6S. The Kier molecular flexibility index (Phi) is 7.03. The van der Waals surface area contributed by atoms with E-state index < -0.39 is 5.97 Å². The number of hydrogen-bond acceptors (Lipinski definition) is 7. The molecule has 0 saturated carbocycles. The third-order valence-corrected chi connectivity index (χ3v) is 5.78. The first kappa shape index (κ1) is 22.2. The zero-order valence-corrected chi connectivity index (χ0v) is 19.4. The Morgan fingerprint density at radius 3 is 2.23 bits per heavy atom. The number of thioether (sulfide) groups is 1. The fourth-order valence-electron chi connectivity index (χ4n) is 2.79. The maximum Gasteiger partial charge on any atom is 0.308 e. The molecule has 0 aromatic heterocycles. The third kappa shape index (κ3) is 4.96. The fourth-order valence-corrected chi connectivity index (χ4v) is 3.99. The standard InChI is InChI=1S/C21H18INO6S/c1-12(24)29-19-16(27-2)8-14(9-17(19)28-3)10-18-20(25)23(21(26)30-18)11-13-4-6-15(22)7-5-13/h4-10H,11H2,1-3H3/b18-10-. The van der Waals surface area contributed by atoms with Gasteiger partial charge in [0.15, 0.2) is 11.5 Å². The molecule has 1 aliphatic heterocycles. The molecule has 1 saturated heterocycles. The van der Waals surface area contributed by atoms with Crippen molar-refractivity contribution in [2.24, 2.45) is 0 Å². The minimum atomic E-state index is -0.518. The second-order valence-corrected chi connectivity index (χ2v) is 8.48. The van der Waals surface area contributed by atoms with Gasteiger partial charge in [-0.25, -0.2) is 0 Å². The number of carbonyl (C=O) groups is 3. The summed E-state index contributed by atoms with van der Waals surface area (Å²) in [6.07, 6.45) is 1.58. The van der Waals surface area contributed by atoms with Gasteiger partial charge in [0.2, 0.25) is 5.75 Å². The van der Waals surface area contributed by atoms with Crippen LogP contribution < -0.4 is 14.2 Å². The molecule has 1 fully saturated rings. The number of hydrogen-bond donors (Lipinski definition) is 0. The summed E-state index contributed by atoms with van der Waals surface area (Å²) in [5, 5.41) is -0.333. The van der Waals surface area contributed by atoms with E-state index in [4.69, 9.17) is 14.2 Å². The molecule has 2 aromatic carbocycles. The lowest BCUT2D eigenvalue weighted by molar-refractivity contribution is -0.132. The minimum Gasteiger partial charge on any atom is -0.493 e. The molecule has 0 bridgehead atoms. The molecule has 0 unspecified atom stereocenters. The van der Waals surface area contributed by atoms with Crippen LogP contribution in [0.1, 0.15) is 18.1 Å². The van der Waals surface area contributed by atoms with Crippen molar-refractivity contribution in [3.05, 3.63) is 56.0 Å². The Hall–Kier alpha value is -2.53. The number of methoxy groups -OCH3 is 2. The Bertz CT molecular complexity index is 1010. The van der Waals surface area contributed by atoms with Crippen molar-refractivity contribution in [1.29, 1.82) is 0 Å². The summed E-state index contributed by atoms with van der Waals surface area (Å²) >= 11 is 3.07. The van der Waals surface area contributed by atoms with Gasteiger partial charge in [-0.2, -0.15) is 0 Å². The molecule has 0 atom stereocenters. The Balaban J connectivity index is 1.89. The number of carbonyl (C=O) groups excluding carboxylic acids is 3. The number of ether oxygens (including phenoxy) is 3. The summed E-state index contributed by atoms with van der Waals surface area (Å²) in [6, 6.07) is 10.8. The van der Waals surface area contributed by atoms with Crippen molar-refractivity contribution >= 4 is 57.5 Å². The number of amides is 2. The van der Waals surface area contributed by atoms with E-state index in [1.165, 1.54) is 26.0 Å². The van der Waals surface area contributed by atoms with Crippen LogP contribution in [0.4, 0.5) is 4.79 Å². The molecule has 0 aliphatic carbocycles. The summed E-state index contributed by atoms with van der Waals surface area (Å²) in [5.74, 6) is -0.194. The number of rotatable bonds is 6. The molecule has 30 heavy (non-hydrogen) atoms. The molecule has 1 aliphatic rings. The SMILES string of the molecule is COc1cc(/C=C2\SC(=O)N(Cc3ccc(I)cc3)C2=O)cc(OC)c1OC(C)=O. The summed E-state index contributed by atoms with van der Waals surface area (Å²) in [7, 11) is 2.86. The van der Waals surface area contributed by atoms with Crippen LogP contribution in [0, 0.1) is 3.57 Å².